The highest BCUT2D eigenvalue weighted by Gasteiger charge is 2.21. The van der Waals surface area contributed by atoms with Crippen molar-refractivity contribution in [3.05, 3.63) is 30.2 Å². The number of nitrogens with one attached hydrogen (secondary N) is 1. The summed E-state index contributed by atoms with van der Waals surface area (Å²) in [6, 6.07) is 5.35. The molecule has 0 amide bonds. The number of hydrogen-bond acceptors (Lipinski definition) is 4. The van der Waals surface area contributed by atoms with E-state index in [-0.39, 0.29) is 5.82 Å². The fraction of sp³-hybridized carbons (Fsp3) is 0.471. The Morgan fingerprint density at radius 2 is 1.77 bits per heavy atom. The van der Waals surface area contributed by atoms with E-state index in [1.807, 2.05) is 12.3 Å². The summed E-state index contributed by atoms with van der Waals surface area (Å²) in [6.45, 7) is 5.70. The molecular formula is C17H21FN4. The molecule has 116 valence electrons. The summed E-state index contributed by atoms with van der Waals surface area (Å²) in [5.41, 5.74) is 0.928. The van der Waals surface area contributed by atoms with Gasteiger partial charge in [-0.05, 0) is 18.9 Å². The van der Waals surface area contributed by atoms with Crippen LogP contribution in [0.3, 0.4) is 0 Å². The van der Waals surface area contributed by atoms with Crippen molar-refractivity contribution < 1.29 is 4.39 Å². The summed E-state index contributed by atoms with van der Waals surface area (Å²) in [5, 5.41) is 5.01. The minimum Gasteiger partial charge on any atom is -0.367 e. The number of benzene rings is 1. The van der Waals surface area contributed by atoms with Crippen LogP contribution in [0.2, 0.25) is 0 Å². The number of pyridine rings is 1. The Balaban J connectivity index is 1.86. The van der Waals surface area contributed by atoms with Crippen molar-refractivity contribution in [3.63, 3.8) is 0 Å². The number of fused-ring (bicyclic) bond motifs is 1. The van der Waals surface area contributed by atoms with E-state index in [9.17, 15) is 4.39 Å². The molecule has 0 aliphatic carbocycles. The Bertz CT molecular complexity index is 676. The highest BCUT2D eigenvalue weighted by molar-refractivity contribution is 6.01. The van der Waals surface area contributed by atoms with Crippen molar-refractivity contribution in [2.24, 2.45) is 0 Å². The lowest BCUT2D eigenvalue weighted by Crippen LogP contribution is -2.43. The van der Waals surface area contributed by atoms with Crippen LogP contribution in [0.4, 0.5) is 15.9 Å². The van der Waals surface area contributed by atoms with Crippen LogP contribution >= 0.6 is 0 Å². The zero-order valence-electron chi connectivity index (χ0n) is 12.7. The first-order valence-corrected chi connectivity index (χ1v) is 8.12. The predicted octanol–water partition coefficient (Wildman–Crippen LogP) is 2.38. The van der Waals surface area contributed by atoms with E-state index < -0.39 is 0 Å². The maximum atomic E-state index is 14.6. The fourth-order valence-electron chi connectivity index (χ4n) is 3.55. The lowest BCUT2D eigenvalue weighted by atomic mass is 10.1. The number of halogens is 1. The van der Waals surface area contributed by atoms with Gasteiger partial charge in [0, 0.05) is 50.0 Å². The summed E-state index contributed by atoms with van der Waals surface area (Å²) in [7, 11) is 0. The third-order valence-electron chi connectivity index (χ3n) is 4.68. The van der Waals surface area contributed by atoms with Gasteiger partial charge in [0.25, 0.3) is 0 Å². The zero-order chi connectivity index (χ0) is 14.9. The molecule has 0 spiro atoms. The van der Waals surface area contributed by atoms with Crippen molar-refractivity contribution in [3.8, 4) is 0 Å². The molecule has 0 atom stereocenters. The van der Waals surface area contributed by atoms with Gasteiger partial charge in [-0.2, -0.15) is 0 Å². The minimum absolute atomic E-state index is 0.145. The van der Waals surface area contributed by atoms with Crippen LogP contribution in [0.15, 0.2) is 24.4 Å². The van der Waals surface area contributed by atoms with E-state index in [0.29, 0.717) is 0 Å². The molecule has 5 heteroatoms. The highest BCUT2D eigenvalue weighted by Crippen LogP contribution is 2.35. The van der Waals surface area contributed by atoms with Gasteiger partial charge in [-0.25, -0.2) is 9.37 Å². The zero-order valence-corrected chi connectivity index (χ0v) is 12.7. The Morgan fingerprint density at radius 1 is 1.00 bits per heavy atom. The molecule has 4 nitrogen and oxygen atoms in total. The first-order valence-electron chi connectivity index (χ1n) is 8.12. The number of piperazine rings is 1. The number of hydrogen-bond donors (Lipinski definition) is 1. The molecule has 0 saturated carbocycles. The first kappa shape index (κ1) is 13.8. The monoisotopic (exact) mass is 300 g/mol. The van der Waals surface area contributed by atoms with Crippen LogP contribution in [0, 0.1) is 5.82 Å². The minimum atomic E-state index is -0.145. The largest absolute Gasteiger partial charge is 0.367 e. The molecule has 1 N–H and O–H groups in total. The van der Waals surface area contributed by atoms with Crippen LogP contribution in [0.5, 0.6) is 0 Å². The quantitative estimate of drug-likeness (QED) is 0.923. The SMILES string of the molecule is Fc1cccc2c(N3CCCC3)ncc(N3CCNCC3)c12. The van der Waals surface area contributed by atoms with Crippen LogP contribution < -0.4 is 15.1 Å². The Labute approximate surface area is 129 Å². The molecule has 1 aromatic heterocycles. The highest BCUT2D eigenvalue weighted by atomic mass is 19.1. The molecule has 3 heterocycles. The second kappa shape index (κ2) is 5.72. The van der Waals surface area contributed by atoms with Crippen molar-refractivity contribution in [1.82, 2.24) is 10.3 Å². The van der Waals surface area contributed by atoms with E-state index in [1.165, 1.54) is 12.8 Å². The van der Waals surface area contributed by atoms with E-state index in [1.54, 1.807) is 12.1 Å². The standard InChI is InChI=1S/C17H21FN4/c18-14-5-3-4-13-16(14)15(21-10-6-19-7-11-21)12-20-17(13)22-8-1-2-9-22/h3-5,12,19H,1-2,6-11H2. The van der Waals surface area contributed by atoms with Crippen LogP contribution in [0.25, 0.3) is 10.8 Å². The lowest BCUT2D eigenvalue weighted by molar-refractivity contribution is 0.588. The van der Waals surface area contributed by atoms with Crippen LogP contribution in [-0.4, -0.2) is 44.3 Å². The van der Waals surface area contributed by atoms with Crippen LogP contribution in [0.1, 0.15) is 12.8 Å². The molecule has 2 aromatic rings. The summed E-state index contributed by atoms with van der Waals surface area (Å²) in [5.74, 6) is 0.791. The number of nitrogens with zero attached hydrogens (tertiary/aromatic N) is 3. The second-order valence-electron chi connectivity index (χ2n) is 6.06. The molecule has 2 fully saturated rings. The average molecular weight is 300 g/mol. The lowest BCUT2D eigenvalue weighted by Gasteiger charge is -2.31. The van der Waals surface area contributed by atoms with Gasteiger partial charge in [0.05, 0.1) is 11.9 Å². The third kappa shape index (κ3) is 2.29. The topological polar surface area (TPSA) is 31.4 Å². The Hall–Kier alpha value is -1.88. The molecule has 4 rings (SSSR count). The normalized spacial score (nSPS) is 19.1. The van der Waals surface area contributed by atoms with E-state index >= 15 is 0 Å². The van der Waals surface area contributed by atoms with Gasteiger partial charge in [-0.15, -0.1) is 0 Å². The number of rotatable bonds is 2. The Morgan fingerprint density at radius 3 is 2.55 bits per heavy atom. The van der Waals surface area contributed by atoms with Crippen LogP contribution in [-0.2, 0) is 0 Å². The predicted molar refractivity (Wildman–Crippen MR) is 88.2 cm³/mol. The third-order valence-corrected chi connectivity index (χ3v) is 4.68. The van der Waals surface area contributed by atoms with Gasteiger partial charge in [-0.1, -0.05) is 12.1 Å². The van der Waals surface area contributed by atoms with Crippen molar-refractivity contribution in [1.29, 1.82) is 0 Å². The van der Waals surface area contributed by atoms with Crippen molar-refractivity contribution in [2.75, 3.05) is 49.1 Å². The average Bonchev–Trinajstić information content (AvgIpc) is 3.09. The molecule has 0 bridgehead atoms. The smallest absolute Gasteiger partial charge is 0.136 e. The number of anilines is 2. The second-order valence-corrected chi connectivity index (χ2v) is 6.06. The van der Waals surface area contributed by atoms with Crippen molar-refractivity contribution in [2.45, 2.75) is 12.8 Å². The van der Waals surface area contributed by atoms with Gasteiger partial charge in [-0.3, -0.25) is 0 Å². The molecule has 2 aliphatic heterocycles. The summed E-state index contributed by atoms with van der Waals surface area (Å²) >= 11 is 0. The van der Waals surface area contributed by atoms with E-state index in [4.69, 9.17) is 4.98 Å². The molecule has 2 saturated heterocycles. The molecular weight excluding hydrogens is 279 g/mol. The van der Waals surface area contributed by atoms with Gasteiger partial charge in [0.15, 0.2) is 0 Å². The maximum absolute atomic E-state index is 14.6. The fourth-order valence-corrected chi connectivity index (χ4v) is 3.55. The number of aromatic nitrogens is 1. The van der Waals surface area contributed by atoms with Gasteiger partial charge >= 0.3 is 0 Å². The van der Waals surface area contributed by atoms with Gasteiger partial charge < -0.3 is 15.1 Å². The summed E-state index contributed by atoms with van der Waals surface area (Å²) < 4.78 is 14.6. The van der Waals surface area contributed by atoms with Crippen molar-refractivity contribution >= 4 is 22.3 Å². The molecule has 22 heavy (non-hydrogen) atoms. The van der Waals surface area contributed by atoms with Gasteiger partial charge in [0.2, 0.25) is 0 Å². The first-order chi connectivity index (χ1) is 10.8. The van der Waals surface area contributed by atoms with E-state index in [2.05, 4.69) is 15.1 Å². The Kier molecular flexibility index (Phi) is 3.58. The summed E-state index contributed by atoms with van der Waals surface area (Å²) in [4.78, 5) is 9.22. The molecule has 1 aromatic carbocycles. The van der Waals surface area contributed by atoms with E-state index in [0.717, 1.165) is 61.5 Å². The maximum Gasteiger partial charge on any atom is 0.136 e. The molecule has 0 radical (unpaired) electrons. The molecule has 2 aliphatic rings. The molecule has 0 unspecified atom stereocenters. The summed E-state index contributed by atoms with van der Waals surface area (Å²) in [6.07, 6.45) is 4.25. The van der Waals surface area contributed by atoms with Gasteiger partial charge in [0.1, 0.15) is 11.6 Å².